The number of halogens is 1. The molecular formula is C15H11BrN2O. The third-order valence-corrected chi connectivity index (χ3v) is 3.47. The highest BCUT2D eigenvalue weighted by Gasteiger charge is 2.04. The average Bonchev–Trinajstić information content (AvgIpc) is 2.42. The van der Waals surface area contributed by atoms with Gasteiger partial charge in [-0.25, -0.2) is 4.98 Å². The van der Waals surface area contributed by atoms with Gasteiger partial charge in [-0.1, -0.05) is 40.2 Å². The van der Waals surface area contributed by atoms with E-state index < -0.39 is 0 Å². The number of rotatable bonds is 2. The van der Waals surface area contributed by atoms with Gasteiger partial charge in [0.1, 0.15) is 0 Å². The predicted molar refractivity (Wildman–Crippen MR) is 79.2 cm³/mol. The maximum atomic E-state index is 12.3. The second-order valence-electron chi connectivity index (χ2n) is 4.32. The summed E-state index contributed by atoms with van der Waals surface area (Å²) in [7, 11) is 0. The molecule has 0 saturated heterocycles. The molecule has 0 amide bonds. The molecule has 0 radical (unpaired) electrons. The Morgan fingerprint density at radius 1 is 1.11 bits per heavy atom. The summed E-state index contributed by atoms with van der Waals surface area (Å²) in [6.07, 6.45) is 1.60. The minimum Gasteiger partial charge on any atom is -0.294 e. The fourth-order valence-corrected chi connectivity index (χ4v) is 2.50. The van der Waals surface area contributed by atoms with Gasteiger partial charge in [-0.05, 0) is 29.8 Å². The van der Waals surface area contributed by atoms with Gasteiger partial charge in [0.2, 0.25) is 0 Å². The molecule has 4 heteroatoms. The number of hydrogen-bond donors (Lipinski definition) is 0. The van der Waals surface area contributed by atoms with Gasteiger partial charge in [-0.15, -0.1) is 0 Å². The second-order valence-corrected chi connectivity index (χ2v) is 5.24. The van der Waals surface area contributed by atoms with Crippen molar-refractivity contribution in [3.05, 3.63) is 75.2 Å². The van der Waals surface area contributed by atoms with Crippen molar-refractivity contribution in [3.63, 3.8) is 0 Å². The Bertz CT molecular complexity index is 795. The monoisotopic (exact) mass is 314 g/mol. The Kier molecular flexibility index (Phi) is 3.17. The van der Waals surface area contributed by atoms with Gasteiger partial charge in [-0.3, -0.25) is 9.36 Å². The summed E-state index contributed by atoms with van der Waals surface area (Å²) in [4.78, 5) is 16.6. The molecule has 0 unspecified atom stereocenters. The van der Waals surface area contributed by atoms with Crippen LogP contribution in [-0.2, 0) is 6.54 Å². The van der Waals surface area contributed by atoms with Gasteiger partial charge in [0.25, 0.3) is 5.56 Å². The molecule has 1 heterocycles. The predicted octanol–water partition coefficient (Wildman–Crippen LogP) is 3.21. The average molecular weight is 315 g/mol. The van der Waals surface area contributed by atoms with Gasteiger partial charge in [-0.2, -0.15) is 0 Å². The molecule has 94 valence electrons. The van der Waals surface area contributed by atoms with E-state index in [1.807, 2.05) is 48.5 Å². The van der Waals surface area contributed by atoms with E-state index in [4.69, 9.17) is 0 Å². The molecule has 1 aromatic heterocycles. The van der Waals surface area contributed by atoms with E-state index in [1.165, 1.54) is 0 Å². The lowest BCUT2D eigenvalue weighted by molar-refractivity contribution is 0.748. The van der Waals surface area contributed by atoms with Crippen molar-refractivity contribution < 1.29 is 0 Å². The van der Waals surface area contributed by atoms with E-state index in [9.17, 15) is 4.79 Å². The van der Waals surface area contributed by atoms with E-state index in [1.54, 1.807) is 10.9 Å². The molecule has 0 spiro atoms. The van der Waals surface area contributed by atoms with Crippen LogP contribution in [0.25, 0.3) is 10.9 Å². The minimum atomic E-state index is -0.00873. The Hall–Kier alpha value is -1.94. The molecule has 0 aliphatic carbocycles. The van der Waals surface area contributed by atoms with E-state index in [0.717, 1.165) is 15.6 Å². The largest absolute Gasteiger partial charge is 0.294 e. The summed E-state index contributed by atoms with van der Waals surface area (Å²) in [6.45, 7) is 0.524. The van der Waals surface area contributed by atoms with Crippen LogP contribution in [0.5, 0.6) is 0 Å². The highest BCUT2D eigenvalue weighted by Crippen LogP contribution is 2.12. The lowest BCUT2D eigenvalue weighted by Crippen LogP contribution is -2.21. The highest BCUT2D eigenvalue weighted by atomic mass is 79.9. The molecule has 0 aliphatic rings. The summed E-state index contributed by atoms with van der Waals surface area (Å²) in [5.41, 5.74) is 1.79. The van der Waals surface area contributed by atoms with E-state index in [0.29, 0.717) is 11.9 Å². The van der Waals surface area contributed by atoms with Gasteiger partial charge >= 0.3 is 0 Å². The quantitative estimate of drug-likeness (QED) is 0.728. The molecule has 3 aromatic rings. The zero-order chi connectivity index (χ0) is 13.2. The zero-order valence-electron chi connectivity index (χ0n) is 10.1. The number of para-hydroxylation sites is 1. The topological polar surface area (TPSA) is 34.9 Å². The first-order valence-electron chi connectivity index (χ1n) is 5.93. The van der Waals surface area contributed by atoms with Gasteiger partial charge in [0.05, 0.1) is 23.8 Å². The summed E-state index contributed by atoms with van der Waals surface area (Å²) in [5.74, 6) is 0. The smallest absolute Gasteiger partial charge is 0.261 e. The molecule has 19 heavy (non-hydrogen) atoms. The van der Waals surface area contributed by atoms with Gasteiger partial charge < -0.3 is 0 Å². The molecule has 0 aliphatic heterocycles. The second kappa shape index (κ2) is 4.97. The van der Waals surface area contributed by atoms with Crippen LogP contribution in [0.1, 0.15) is 5.56 Å². The molecule has 0 bridgehead atoms. The standard InChI is InChI=1S/C15H11BrN2O/c16-12-5-3-4-11(8-12)9-18-10-17-14-7-2-1-6-13(14)15(18)19/h1-8,10H,9H2. The number of hydrogen-bond acceptors (Lipinski definition) is 2. The van der Waals surface area contributed by atoms with Crippen LogP contribution in [0.3, 0.4) is 0 Å². The SMILES string of the molecule is O=c1c2ccccc2ncn1Cc1cccc(Br)c1. The fourth-order valence-electron chi connectivity index (χ4n) is 2.05. The lowest BCUT2D eigenvalue weighted by Gasteiger charge is -2.07. The maximum Gasteiger partial charge on any atom is 0.261 e. The molecule has 0 saturated carbocycles. The lowest BCUT2D eigenvalue weighted by atomic mass is 10.2. The summed E-state index contributed by atoms with van der Waals surface area (Å²) >= 11 is 3.43. The Morgan fingerprint density at radius 3 is 2.79 bits per heavy atom. The molecule has 0 fully saturated rings. The number of fused-ring (bicyclic) bond motifs is 1. The van der Waals surface area contributed by atoms with E-state index >= 15 is 0 Å². The maximum absolute atomic E-state index is 12.3. The first-order chi connectivity index (χ1) is 9.24. The summed E-state index contributed by atoms with van der Waals surface area (Å²) in [6, 6.07) is 15.3. The fraction of sp³-hybridized carbons (Fsp3) is 0.0667. The molecule has 2 aromatic carbocycles. The Morgan fingerprint density at radius 2 is 1.95 bits per heavy atom. The van der Waals surface area contributed by atoms with Crippen LogP contribution in [0.2, 0.25) is 0 Å². The third kappa shape index (κ3) is 2.44. The van der Waals surface area contributed by atoms with Gasteiger partial charge in [0.15, 0.2) is 0 Å². The van der Waals surface area contributed by atoms with Crippen molar-refractivity contribution in [1.82, 2.24) is 9.55 Å². The van der Waals surface area contributed by atoms with Crippen LogP contribution in [0.4, 0.5) is 0 Å². The van der Waals surface area contributed by atoms with Crippen LogP contribution in [0, 0.1) is 0 Å². The molecule has 3 rings (SSSR count). The van der Waals surface area contributed by atoms with E-state index in [-0.39, 0.29) is 5.56 Å². The summed E-state index contributed by atoms with van der Waals surface area (Å²) in [5, 5.41) is 0.653. The van der Waals surface area contributed by atoms with Crippen molar-refractivity contribution in [2.75, 3.05) is 0 Å². The number of nitrogens with zero attached hydrogens (tertiary/aromatic N) is 2. The van der Waals surface area contributed by atoms with Crippen LogP contribution < -0.4 is 5.56 Å². The van der Waals surface area contributed by atoms with E-state index in [2.05, 4.69) is 20.9 Å². The number of benzene rings is 2. The molecule has 0 N–H and O–H groups in total. The van der Waals surface area contributed by atoms with Crippen molar-refractivity contribution in [3.8, 4) is 0 Å². The zero-order valence-corrected chi connectivity index (χ0v) is 11.7. The summed E-state index contributed by atoms with van der Waals surface area (Å²) < 4.78 is 2.64. The van der Waals surface area contributed by atoms with Crippen LogP contribution in [0.15, 0.2) is 64.1 Å². The highest BCUT2D eigenvalue weighted by molar-refractivity contribution is 9.10. The first kappa shape index (κ1) is 12.1. The van der Waals surface area contributed by atoms with Crippen molar-refractivity contribution in [1.29, 1.82) is 0 Å². The number of aromatic nitrogens is 2. The Balaban J connectivity index is 2.06. The Labute approximate surface area is 118 Å². The van der Waals surface area contributed by atoms with Crippen LogP contribution in [-0.4, -0.2) is 9.55 Å². The van der Waals surface area contributed by atoms with Crippen molar-refractivity contribution in [2.45, 2.75) is 6.54 Å². The normalized spacial score (nSPS) is 10.8. The first-order valence-corrected chi connectivity index (χ1v) is 6.72. The third-order valence-electron chi connectivity index (χ3n) is 2.97. The minimum absolute atomic E-state index is 0.00873. The molecular weight excluding hydrogens is 304 g/mol. The van der Waals surface area contributed by atoms with Gasteiger partial charge in [0, 0.05) is 4.47 Å². The van der Waals surface area contributed by atoms with Crippen molar-refractivity contribution in [2.24, 2.45) is 0 Å². The molecule has 3 nitrogen and oxygen atoms in total. The molecule has 0 atom stereocenters. The van der Waals surface area contributed by atoms with Crippen molar-refractivity contribution >= 4 is 26.8 Å². The van der Waals surface area contributed by atoms with Crippen LogP contribution >= 0.6 is 15.9 Å².